The Bertz CT molecular complexity index is 4620. The minimum absolute atomic E-state index is 0.00398. The van der Waals surface area contributed by atoms with Gasteiger partial charge in [-0.05, 0) is 130 Å². The summed E-state index contributed by atoms with van der Waals surface area (Å²) in [7, 11) is -3.27. The average molecular weight is 1270 g/mol. The van der Waals surface area contributed by atoms with Crippen LogP contribution in [0.25, 0.3) is 33.0 Å². The maximum absolute atomic E-state index is 16.7. The summed E-state index contributed by atoms with van der Waals surface area (Å²) >= 11 is 0. The molecule has 0 radical (unpaired) electrons. The van der Waals surface area contributed by atoms with Gasteiger partial charge in [-0.1, -0.05) is 201 Å². The van der Waals surface area contributed by atoms with Crippen molar-refractivity contribution in [3.05, 3.63) is 270 Å². The second-order valence-corrected chi connectivity index (χ2v) is 23.1. The van der Waals surface area contributed by atoms with Gasteiger partial charge >= 0.3 is 31.3 Å². The highest BCUT2D eigenvalue weighted by molar-refractivity contribution is 6.46. The summed E-state index contributed by atoms with van der Waals surface area (Å²) in [5.74, 6) is -2.75. The fourth-order valence-electron chi connectivity index (χ4n) is 13.2. The number of nitrogens with zero attached hydrogens (tertiary/aromatic N) is 5. The van der Waals surface area contributed by atoms with Crippen LogP contribution in [0, 0.1) is 0 Å². The summed E-state index contributed by atoms with van der Waals surface area (Å²) in [6, 6.07) is 48.5. The molecule has 14 nitrogen and oxygen atoms in total. The Balaban J connectivity index is 1.17. The van der Waals surface area contributed by atoms with E-state index in [9.17, 15) is 19.2 Å². The molecule has 0 atom stereocenters. The average Bonchev–Trinajstić information content (AvgIpc) is 1.63. The highest BCUT2D eigenvalue weighted by atomic mass is 19.2. The van der Waals surface area contributed by atoms with Gasteiger partial charge in [0.25, 0.3) is 0 Å². The molecule has 4 aromatic heterocycles. The second-order valence-electron chi connectivity index (χ2n) is 23.1. The molecule has 17 heteroatoms. The molecule has 6 heterocycles. The standard InChI is InChI=1S/C78H75BF2N6O8/c1-9-53-56(12-4)70(75(88)92-43-47-29-21-17-22-30-47)84-67(53)63(68-54(10-2)57(13-5)71(85-68)76(89)93-44-48-31-23-18-24-32-48)61-41-39-51-37-38-52-40-42-62(83-66(52)65(51)82-61)64(69-55(11-3)58(14-6)72(86-69)77(90)94-45-49-33-25-19-26-34-49)73-59(15-7)60(16-8)74(87(73)79(80)81)78(91)95-46-50-35-27-20-28-36-50/h17-42,84H,9-16,43-46H2,1-8H3/b68-63+,69-64-. The van der Waals surface area contributed by atoms with Gasteiger partial charge in [-0.3, -0.25) is 8.63 Å². The Labute approximate surface area is 552 Å². The normalized spacial score (nSPS) is 14.1. The lowest BCUT2D eigenvalue weighted by Crippen LogP contribution is -2.24. The summed E-state index contributed by atoms with van der Waals surface area (Å²) in [5, 5.41) is 1.33. The SMILES string of the molecule is CCC1=C(CC)/C(=C(\c2ccc3ccc4ccc(/C(=C5\N=C(C(=O)OCc6ccccc6)C(CC)=C5CC)c5[nH]c(C(=O)OCc6ccccc6)c(CC)c5CC)nc4c3n2)c2c(CC)c(CC)c(C(=O)OCc3ccccc3)n2B(F)F)N=C1C(=O)OCc1ccccc1. The van der Waals surface area contributed by atoms with Crippen LogP contribution < -0.4 is 0 Å². The van der Waals surface area contributed by atoms with Gasteiger partial charge in [-0.2, -0.15) is 0 Å². The monoisotopic (exact) mass is 1270 g/mol. The van der Waals surface area contributed by atoms with Crippen LogP contribution in [0.4, 0.5) is 8.63 Å². The zero-order valence-electron chi connectivity index (χ0n) is 54.8. The fourth-order valence-corrected chi connectivity index (χ4v) is 13.2. The predicted octanol–water partition coefficient (Wildman–Crippen LogP) is 16.8. The molecule has 2 aliphatic heterocycles. The van der Waals surface area contributed by atoms with E-state index in [4.69, 9.17) is 38.9 Å². The summed E-state index contributed by atoms with van der Waals surface area (Å²) in [4.78, 5) is 83.1. The van der Waals surface area contributed by atoms with E-state index >= 15 is 8.63 Å². The number of hydrogen-bond acceptors (Lipinski definition) is 12. The third-order valence-corrected chi connectivity index (χ3v) is 17.6. The lowest BCUT2D eigenvalue weighted by Gasteiger charge is -2.18. The molecule has 0 saturated heterocycles. The molecule has 95 heavy (non-hydrogen) atoms. The quantitative estimate of drug-likeness (QED) is 0.0251. The zero-order valence-corrected chi connectivity index (χ0v) is 54.8. The Hall–Kier alpha value is -10.4. The first kappa shape index (κ1) is 66.1. The Morgan fingerprint density at radius 2 is 0.737 bits per heavy atom. The molecular weight excluding hydrogens is 1200 g/mol. The van der Waals surface area contributed by atoms with Crippen molar-refractivity contribution in [1.82, 2.24) is 19.4 Å². The molecule has 482 valence electrons. The third kappa shape index (κ3) is 13.3. The number of carbonyl (C=O) groups excluding carboxylic acids is 4. The highest BCUT2D eigenvalue weighted by Crippen LogP contribution is 2.45. The summed E-state index contributed by atoms with van der Waals surface area (Å²) < 4.78 is 58.1. The number of H-pyrrole nitrogens is 1. The first-order valence-corrected chi connectivity index (χ1v) is 32.7. The smallest absolute Gasteiger partial charge is 0.456 e. The molecule has 0 unspecified atom stereocenters. The van der Waals surface area contributed by atoms with Gasteiger partial charge in [-0.25, -0.2) is 39.1 Å². The van der Waals surface area contributed by atoms with E-state index in [-0.39, 0.29) is 84.7 Å². The number of aromatic amines is 1. The molecule has 0 aliphatic carbocycles. The van der Waals surface area contributed by atoms with Crippen LogP contribution in [-0.4, -0.2) is 62.1 Å². The number of fused-ring (bicyclic) bond motifs is 3. The van der Waals surface area contributed by atoms with Crippen molar-refractivity contribution in [2.75, 3.05) is 0 Å². The maximum Gasteiger partial charge on any atom is 0.678 e. The van der Waals surface area contributed by atoms with E-state index in [1.807, 2.05) is 195 Å². The number of carbonyl (C=O) groups is 4. The van der Waals surface area contributed by atoms with Crippen LogP contribution in [0.2, 0.25) is 0 Å². The van der Waals surface area contributed by atoms with E-state index < -0.39 is 31.3 Å². The van der Waals surface area contributed by atoms with Crippen LogP contribution in [0.3, 0.4) is 0 Å². The molecule has 0 bridgehead atoms. The van der Waals surface area contributed by atoms with E-state index in [2.05, 4.69) is 4.98 Å². The van der Waals surface area contributed by atoms with Gasteiger partial charge in [0, 0.05) is 27.6 Å². The molecule has 5 aromatic carbocycles. The highest BCUT2D eigenvalue weighted by Gasteiger charge is 2.40. The number of halogens is 2. The minimum atomic E-state index is -3.27. The molecule has 2 aliphatic rings. The molecule has 0 fully saturated rings. The fraction of sp³-hybridized carbons (Fsp3) is 0.256. The van der Waals surface area contributed by atoms with Crippen LogP contribution in [0.1, 0.15) is 169 Å². The van der Waals surface area contributed by atoms with Gasteiger partial charge in [0.15, 0.2) is 11.4 Å². The number of aromatic nitrogens is 4. The van der Waals surface area contributed by atoms with Crippen molar-refractivity contribution in [3.8, 4) is 0 Å². The lowest BCUT2D eigenvalue weighted by molar-refractivity contribution is -0.137. The van der Waals surface area contributed by atoms with Crippen LogP contribution in [0.15, 0.2) is 201 Å². The van der Waals surface area contributed by atoms with Gasteiger partial charge in [0.1, 0.15) is 37.8 Å². The molecule has 0 spiro atoms. The Kier molecular flexibility index (Phi) is 20.6. The topological polar surface area (TPSA) is 176 Å². The van der Waals surface area contributed by atoms with E-state index in [1.165, 1.54) is 0 Å². The number of hydrogen-bond donors (Lipinski definition) is 1. The van der Waals surface area contributed by atoms with Gasteiger partial charge < -0.3 is 28.4 Å². The van der Waals surface area contributed by atoms with Crippen LogP contribution >= 0.6 is 0 Å². The molecule has 11 rings (SSSR count). The number of nitrogens with one attached hydrogen (secondary N) is 1. The van der Waals surface area contributed by atoms with Gasteiger partial charge in [0.2, 0.25) is 0 Å². The van der Waals surface area contributed by atoms with Crippen molar-refractivity contribution in [3.63, 3.8) is 0 Å². The molecule has 0 amide bonds. The predicted molar refractivity (Wildman–Crippen MR) is 369 cm³/mol. The number of rotatable bonds is 25. The lowest BCUT2D eigenvalue weighted by atomic mass is 9.91. The summed E-state index contributed by atoms with van der Waals surface area (Å²) in [5.41, 5.74) is 11.8. The molecular formula is C78H75BF2N6O8. The number of aliphatic imine (C=N–C) groups is 2. The number of allylic oxidation sites excluding steroid dienone is 2. The van der Waals surface area contributed by atoms with E-state index in [1.54, 1.807) is 18.2 Å². The Morgan fingerprint density at radius 3 is 1.13 bits per heavy atom. The van der Waals surface area contributed by atoms with Crippen molar-refractivity contribution in [1.29, 1.82) is 0 Å². The van der Waals surface area contributed by atoms with E-state index in [0.29, 0.717) is 116 Å². The number of benzene rings is 5. The van der Waals surface area contributed by atoms with Crippen molar-refractivity contribution in [2.24, 2.45) is 9.98 Å². The van der Waals surface area contributed by atoms with Crippen LogP contribution in [0.5, 0.6) is 0 Å². The molecule has 9 aromatic rings. The van der Waals surface area contributed by atoms with Crippen molar-refractivity contribution < 1.29 is 46.8 Å². The Morgan fingerprint density at radius 1 is 0.389 bits per heavy atom. The van der Waals surface area contributed by atoms with Crippen LogP contribution in [-0.2, 0) is 80.6 Å². The second kappa shape index (κ2) is 29.7. The first-order valence-electron chi connectivity index (χ1n) is 32.7. The first-order chi connectivity index (χ1) is 46.3. The minimum Gasteiger partial charge on any atom is -0.456 e. The van der Waals surface area contributed by atoms with Crippen molar-refractivity contribution in [2.45, 2.75) is 133 Å². The maximum atomic E-state index is 16.7. The van der Waals surface area contributed by atoms with Gasteiger partial charge in [0.05, 0.1) is 39.5 Å². The molecule has 1 N–H and O–H groups in total. The number of esters is 4. The molecule has 0 saturated carbocycles. The van der Waals surface area contributed by atoms with Crippen molar-refractivity contribution >= 4 is 75.7 Å². The largest absolute Gasteiger partial charge is 0.678 e. The summed E-state index contributed by atoms with van der Waals surface area (Å²) in [6.07, 6.45) is 2.93. The van der Waals surface area contributed by atoms with Gasteiger partial charge in [-0.15, -0.1) is 0 Å². The zero-order chi connectivity index (χ0) is 66.9. The third-order valence-electron chi connectivity index (χ3n) is 17.6. The summed E-state index contributed by atoms with van der Waals surface area (Å²) in [6.45, 7) is 15.4. The number of pyridine rings is 2. The van der Waals surface area contributed by atoms with E-state index in [0.717, 1.165) is 37.9 Å². The number of ether oxygens (including phenoxy) is 4.